The molecule has 0 aliphatic rings. The lowest BCUT2D eigenvalue weighted by molar-refractivity contribution is 0.411. The van der Waals surface area contributed by atoms with E-state index in [0.717, 1.165) is 18.4 Å². The molecule has 0 aromatic heterocycles. The smallest absolute Gasteiger partial charge is 0.131 e. The molecule has 1 aromatic rings. The molecule has 0 aliphatic heterocycles. The molecule has 0 heterocycles. The lowest BCUT2D eigenvalue weighted by Gasteiger charge is -2.28. The number of allylic oxidation sites excluding steroid dienone is 2. The van der Waals surface area contributed by atoms with E-state index >= 15 is 0 Å². The second kappa shape index (κ2) is 8.96. The molecule has 2 heteroatoms. The van der Waals surface area contributed by atoms with Gasteiger partial charge in [-0.2, -0.15) is 0 Å². The van der Waals surface area contributed by atoms with E-state index in [1.165, 1.54) is 12.1 Å². The van der Waals surface area contributed by atoms with Crippen LogP contribution in [0.1, 0.15) is 78.9 Å². The third-order valence-corrected chi connectivity index (χ3v) is 4.34. The molecule has 0 saturated carbocycles. The number of hydrogen-bond acceptors (Lipinski definition) is 0. The van der Waals surface area contributed by atoms with Crippen LogP contribution in [0.15, 0.2) is 18.2 Å². The first kappa shape index (κ1) is 19.8. The molecular weight excluding hydrogens is 266 g/mol. The summed E-state index contributed by atoms with van der Waals surface area (Å²) in [6, 6.07) is 2.74. The van der Waals surface area contributed by atoms with Crippen LogP contribution >= 0.6 is 0 Å². The summed E-state index contributed by atoms with van der Waals surface area (Å²) in [6.45, 7) is 13.8. The van der Waals surface area contributed by atoms with Crippen LogP contribution in [0.3, 0.4) is 0 Å². The van der Waals surface area contributed by atoms with Gasteiger partial charge in [-0.25, -0.2) is 8.78 Å². The quantitative estimate of drug-likeness (QED) is 0.555. The highest BCUT2D eigenvalue weighted by molar-refractivity contribution is 5.66. The van der Waals surface area contributed by atoms with E-state index in [0.29, 0.717) is 17.5 Å². The molecule has 0 nitrogen and oxygen atoms in total. The molecule has 0 radical (unpaired) electrons. The summed E-state index contributed by atoms with van der Waals surface area (Å²) in [5.41, 5.74) is 1.43. The first-order valence-electron chi connectivity index (χ1n) is 8.08. The molecule has 21 heavy (non-hydrogen) atoms. The molecule has 120 valence electrons. The number of hydrogen-bond donors (Lipinski definition) is 0. The minimum atomic E-state index is -0.320. The SMILES string of the molecule is CC.CC=C(CC)c1cc(F)c(C(C)(CC)CC)cc1F. The number of rotatable bonds is 5. The molecule has 0 bridgehead atoms. The highest BCUT2D eigenvalue weighted by Crippen LogP contribution is 2.35. The molecule has 0 fully saturated rings. The summed E-state index contributed by atoms with van der Waals surface area (Å²) in [5.74, 6) is -0.616. The van der Waals surface area contributed by atoms with Crippen molar-refractivity contribution in [2.24, 2.45) is 0 Å². The molecular formula is C19H30F2. The Bertz CT molecular complexity index is 469. The van der Waals surface area contributed by atoms with Gasteiger partial charge in [0, 0.05) is 5.56 Å². The van der Waals surface area contributed by atoms with E-state index in [1.54, 1.807) is 0 Å². The first-order chi connectivity index (χ1) is 9.93. The summed E-state index contributed by atoms with van der Waals surface area (Å²) >= 11 is 0. The molecule has 0 aliphatic carbocycles. The Morgan fingerprint density at radius 3 is 1.95 bits per heavy atom. The predicted molar refractivity (Wildman–Crippen MR) is 89.6 cm³/mol. The monoisotopic (exact) mass is 296 g/mol. The van der Waals surface area contributed by atoms with Crippen molar-refractivity contribution >= 4 is 5.57 Å². The molecule has 0 atom stereocenters. The average Bonchev–Trinajstić information content (AvgIpc) is 2.52. The second-order valence-corrected chi connectivity index (χ2v) is 5.25. The van der Waals surface area contributed by atoms with Crippen LogP contribution < -0.4 is 0 Å². The molecule has 1 aromatic carbocycles. The van der Waals surface area contributed by atoms with Gasteiger partial charge in [0.05, 0.1) is 0 Å². The highest BCUT2D eigenvalue weighted by Gasteiger charge is 2.27. The van der Waals surface area contributed by atoms with Gasteiger partial charge in [-0.3, -0.25) is 0 Å². The zero-order chi connectivity index (χ0) is 16.6. The van der Waals surface area contributed by atoms with Crippen LogP contribution in [0, 0.1) is 11.6 Å². The van der Waals surface area contributed by atoms with Crippen molar-refractivity contribution < 1.29 is 8.78 Å². The summed E-state index contributed by atoms with van der Waals surface area (Å²) in [5, 5.41) is 0. The summed E-state index contributed by atoms with van der Waals surface area (Å²) in [7, 11) is 0. The van der Waals surface area contributed by atoms with Crippen LogP contribution in [-0.2, 0) is 5.41 Å². The van der Waals surface area contributed by atoms with Gasteiger partial charge in [0.2, 0.25) is 0 Å². The van der Waals surface area contributed by atoms with Gasteiger partial charge in [-0.15, -0.1) is 0 Å². The van der Waals surface area contributed by atoms with Crippen molar-refractivity contribution in [3.8, 4) is 0 Å². The molecule has 0 unspecified atom stereocenters. The van der Waals surface area contributed by atoms with E-state index in [9.17, 15) is 8.78 Å². The van der Waals surface area contributed by atoms with E-state index < -0.39 is 0 Å². The molecule has 0 N–H and O–H groups in total. The standard InChI is InChI=1S/C17H24F2.C2H6/c1-6-12(7-2)13-10-16(19)14(11-15(13)18)17(5,8-3)9-4;1-2/h6,10-11H,7-9H2,1-5H3;1-2H3. The van der Waals surface area contributed by atoms with Crippen molar-refractivity contribution in [1.82, 2.24) is 0 Å². The molecule has 0 amide bonds. The van der Waals surface area contributed by atoms with Crippen LogP contribution in [0.5, 0.6) is 0 Å². The Balaban J connectivity index is 0.00000191. The molecule has 0 spiro atoms. The predicted octanol–water partition coefficient (Wildman–Crippen LogP) is 6.88. The second-order valence-electron chi connectivity index (χ2n) is 5.25. The van der Waals surface area contributed by atoms with E-state index in [2.05, 4.69) is 0 Å². The zero-order valence-electron chi connectivity index (χ0n) is 14.6. The van der Waals surface area contributed by atoms with Gasteiger partial charge in [0.1, 0.15) is 11.6 Å². The highest BCUT2D eigenvalue weighted by atomic mass is 19.1. The first-order valence-corrected chi connectivity index (χ1v) is 8.08. The summed E-state index contributed by atoms with van der Waals surface area (Å²) in [4.78, 5) is 0. The summed E-state index contributed by atoms with van der Waals surface area (Å²) < 4.78 is 28.6. The average molecular weight is 296 g/mol. The lowest BCUT2D eigenvalue weighted by atomic mass is 9.77. The van der Waals surface area contributed by atoms with Gasteiger partial charge < -0.3 is 0 Å². The largest absolute Gasteiger partial charge is 0.207 e. The Morgan fingerprint density at radius 2 is 1.57 bits per heavy atom. The van der Waals surface area contributed by atoms with E-state index in [4.69, 9.17) is 0 Å². The zero-order valence-corrected chi connectivity index (χ0v) is 14.6. The lowest BCUT2D eigenvalue weighted by Crippen LogP contribution is -2.22. The van der Waals surface area contributed by atoms with Gasteiger partial charge >= 0.3 is 0 Å². The number of halogens is 2. The van der Waals surface area contributed by atoms with Crippen molar-refractivity contribution in [1.29, 1.82) is 0 Å². The third-order valence-electron chi connectivity index (χ3n) is 4.34. The van der Waals surface area contributed by atoms with E-state index in [-0.39, 0.29) is 17.0 Å². The Kier molecular flexibility index (Phi) is 8.46. The Morgan fingerprint density at radius 1 is 1.05 bits per heavy atom. The van der Waals surface area contributed by atoms with E-state index in [1.807, 2.05) is 54.5 Å². The van der Waals surface area contributed by atoms with Crippen molar-refractivity contribution in [2.45, 2.75) is 73.1 Å². The minimum Gasteiger partial charge on any atom is -0.207 e. The fraction of sp³-hybridized carbons (Fsp3) is 0.579. The van der Waals surface area contributed by atoms with Crippen LogP contribution in [-0.4, -0.2) is 0 Å². The van der Waals surface area contributed by atoms with Crippen LogP contribution in [0.2, 0.25) is 0 Å². The van der Waals surface area contributed by atoms with Gasteiger partial charge in [-0.05, 0) is 54.9 Å². The van der Waals surface area contributed by atoms with Crippen molar-refractivity contribution in [3.63, 3.8) is 0 Å². The topological polar surface area (TPSA) is 0 Å². The molecule has 1 rings (SSSR count). The van der Waals surface area contributed by atoms with Gasteiger partial charge in [-0.1, -0.05) is 47.6 Å². The fourth-order valence-corrected chi connectivity index (χ4v) is 2.44. The van der Waals surface area contributed by atoms with Crippen LogP contribution in [0.25, 0.3) is 5.57 Å². The maximum Gasteiger partial charge on any atom is 0.131 e. The Labute approximate surface area is 129 Å². The third kappa shape index (κ3) is 4.39. The van der Waals surface area contributed by atoms with Crippen molar-refractivity contribution in [2.75, 3.05) is 0 Å². The Hall–Kier alpha value is -1.18. The maximum absolute atomic E-state index is 14.3. The normalized spacial score (nSPS) is 12.0. The van der Waals surface area contributed by atoms with Gasteiger partial charge in [0.15, 0.2) is 0 Å². The number of benzene rings is 1. The van der Waals surface area contributed by atoms with Crippen LogP contribution in [0.4, 0.5) is 8.78 Å². The van der Waals surface area contributed by atoms with Crippen molar-refractivity contribution in [3.05, 3.63) is 41.0 Å². The fourth-order valence-electron chi connectivity index (χ4n) is 2.44. The minimum absolute atomic E-state index is 0.296. The molecule has 0 saturated heterocycles. The summed E-state index contributed by atoms with van der Waals surface area (Å²) in [6.07, 6.45) is 4.13. The van der Waals surface area contributed by atoms with Gasteiger partial charge in [0.25, 0.3) is 0 Å². The maximum atomic E-state index is 14.3.